The zero-order valence-electron chi connectivity index (χ0n) is 10.3. The van der Waals surface area contributed by atoms with E-state index in [1.807, 2.05) is 25.1 Å². The van der Waals surface area contributed by atoms with Gasteiger partial charge in [0.2, 0.25) is 0 Å². The predicted octanol–water partition coefficient (Wildman–Crippen LogP) is 2.74. The Bertz CT molecular complexity index is 409. The van der Waals surface area contributed by atoms with Crippen LogP contribution < -0.4 is 5.73 Å². The van der Waals surface area contributed by atoms with Crippen molar-refractivity contribution >= 4 is 5.84 Å². The zero-order valence-corrected chi connectivity index (χ0v) is 10.3. The third kappa shape index (κ3) is 3.07. The van der Waals surface area contributed by atoms with Crippen LogP contribution in [0.25, 0.3) is 0 Å². The number of hydrogen-bond donors (Lipinski definition) is 2. The highest BCUT2D eigenvalue weighted by atomic mass is 16.5. The average Bonchev–Trinajstić information content (AvgIpc) is 2.80. The van der Waals surface area contributed by atoms with Crippen LogP contribution in [0.5, 0.6) is 0 Å². The van der Waals surface area contributed by atoms with Crippen LogP contribution in [-0.2, 0) is 11.3 Å². The van der Waals surface area contributed by atoms with Crippen molar-refractivity contribution in [2.75, 3.05) is 0 Å². The topological polar surface area (TPSA) is 59.1 Å². The second-order valence-electron chi connectivity index (χ2n) is 4.77. The van der Waals surface area contributed by atoms with Crippen molar-refractivity contribution < 1.29 is 4.74 Å². The summed E-state index contributed by atoms with van der Waals surface area (Å²) in [7, 11) is 0. The molecule has 1 saturated carbocycles. The molecule has 3 nitrogen and oxygen atoms in total. The minimum atomic E-state index is 0.122. The number of nitrogens with two attached hydrogens (primary N) is 1. The normalized spacial score (nSPS) is 16.3. The minimum absolute atomic E-state index is 0.122. The van der Waals surface area contributed by atoms with E-state index in [0.717, 1.165) is 11.1 Å². The van der Waals surface area contributed by atoms with Crippen LogP contribution in [0.1, 0.15) is 42.4 Å². The maximum atomic E-state index is 7.39. The molecule has 3 heteroatoms. The van der Waals surface area contributed by atoms with Gasteiger partial charge in [0.1, 0.15) is 5.84 Å². The lowest BCUT2D eigenvalue weighted by Crippen LogP contribution is -2.12. The van der Waals surface area contributed by atoms with Gasteiger partial charge in [0.15, 0.2) is 0 Å². The summed E-state index contributed by atoms with van der Waals surface area (Å²) in [6.07, 6.45) is 5.44. The standard InChI is InChI=1S/C14H20N2O/c1-10-8-11(14(15)16)6-7-12(10)9-17-13-4-2-3-5-13/h6-8,13H,2-5,9H2,1H3,(H3,15,16). The first-order chi connectivity index (χ1) is 8.16. The maximum Gasteiger partial charge on any atom is 0.122 e. The van der Waals surface area contributed by atoms with Crippen LogP contribution in [0.3, 0.4) is 0 Å². The Morgan fingerprint density at radius 1 is 1.41 bits per heavy atom. The summed E-state index contributed by atoms with van der Waals surface area (Å²) in [4.78, 5) is 0. The first-order valence-corrected chi connectivity index (χ1v) is 6.22. The smallest absolute Gasteiger partial charge is 0.122 e. The molecule has 0 amide bonds. The van der Waals surface area contributed by atoms with Crippen molar-refractivity contribution in [3.8, 4) is 0 Å². The largest absolute Gasteiger partial charge is 0.384 e. The Morgan fingerprint density at radius 3 is 2.71 bits per heavy atom. The molecule has 0 unspecified atom stereocenters. The van der Waals surface area contributed by atoms with Crippen molar-refractivity contribution in [2.24, 2.45) is 5.73 Å². The van der Waals surface area contributed by atoms with Crippen molar-refractivity contribution in [3.63, 3.8) is 0 Å². The number of hydrogen-bond acceptors (Lipinski definition) is 2. The lowest BCUT2D eigenvalue weighted by molar-refractivity contribution is 0.0454. The Labute approximate surface area is 102 Å². The average molecular weight is 232 g/mol. The van der Waals surface area contributed by atoms with Crippen LogP contribution in [0.15, 0.2) is 18.2 Å². The molecule has 0 bridgehead atoms. The minimum Gasteiger partial charge on any atom is -0.384 e. The number of aryl methyl sites for hydroxylation is 1. The SMILES string of the molecule is Cc1cc(C(=N)N)ccc1COC1CCCC1. The van der Waals surface area contributed by atoms with Gasteiger partial charge in [-0.15, -0.1) is 0 Å². The van der Waals surface area contributed by atoms with Crippen LogP contribution in [0.2, 0.25) is 0 Å². The van der Waals surface area contributed by atoms with Crippen molar-refractivity contribution in [2.45, 2.75) is 45.3 Å². The van der Waals surface area contributed by atoms with Gasteiger partial charge in [-0.25, -0.2) is 0 Å². The first kappa shape index (κ1) is 12.1. The Hall–Kier alpha value is -1.35. The van der Waals surface area contributed by atoms with Gasteiger partial charge >= 0.3 is 0 Å². The van der Waals surface area contributed by atoms with Gasteiger partial charge in [-0.1, -0.05) is 25.0 Å². The monoisotopic (exact) mass is 232 g/mol. The lowest BCUT2D eigenvalue weighted by Gasteiger charge is -2.13. The molecule has 0 radical (unpaired) electrons. The molecule has 92 valence electrons. The third-order valence-electron chi connectivity index (χ3n) is 3.43. The molecule has 0 spiro atoms. The number of nitrogen functional groups attached to an aromatic ring is 1. The van der Waals surface area contributed by atoms with E-state index < -0.39 is 0 Å². The molecule has 1 aromatic rings. The van der Waals surface area contributed by atoms with Gasteiger partial charge in [0, 0.05) is 5.56 Å². The van der Waals surface area contributed by atoms with E-state index in [9.17, 15) is 0 Å². The molecule has 0 heterocycles. The summed E-state index contributed by atoms with van der Waals surface area (Å²) < 4.78 is 5.89. The molecule has 0 atom stereocenters. The zero-order chi connectivity index (χ0) is 12.3. The molecule has 17 heavy (non-hydrogen) atoms. The maximum absolute atomic E-state index is 7.39. The molecule has 1 aliphatic carbocycles. The molecule has 0 saturated heterocycles. The number of rotatable bonds is 4. The van der Waals surface area contributed by atoms with Gasteiger partial charge in [-0.3, -0.25) is 5.41 Å². The molecule has 0 aromatic heterocycles. The summed E-state index contributed by atoms with van der Waals surface area (Å²) in [6, 6.07) is 5.86. The van der Waals surface area contributed by atoms with Gasteiger partial charge in [0.05, 0.1) is 12.7 Å². The Morgan fingerprint density at radius 2 is 2.12 bits per heavy atom. The van der Waals surface area contributed by atoms with E-state index in [0.29, 0.717) is 12.7 Å². The lowest BCUT2D eigenvalue weighted by atomic mass is 10.1. The van der Waals surface area contributed by atoms with Crippen LogP contribution in [-0.4, -0.2) is 11.9 Å². The van der Waals surface area contributed by atoms with Gasteiger partial charge in [-0.05, 0) is 37.0 Å². The molecular weight excluding hydrogens is 212 g/mol. The van der Waals surface area contributed by atoms with Gasteiger partial charge < -0.3 is 10.5 Å². The molecular formula is C14H20N2O. The van der Waals surface area contributed by atoms with Gasteiger partial charge in [-0.2, -0.15) is 0 Å². The van der Waals surface area contributed by atoms with E-state index in [4.69, 9.17) is 15.9 Å². The van der Waals surface area contributed by atoms with E-state index in [-0.39, 0.29) is 5.84 Å². The Kier molecular flexibility index (Phi) is 3.79. The van der Waals surface area contributed by atoms with Crippen molar-refractivity contribution in [1.29, 1.82) is 5.41 Å². The molecule has 0 aliphatic heterocycles. The van der Waals surface area contributed by atoms with E-state index >= 15 is 0 Å². The number of benzene rings is 1. The third-order valence-corrected chi connectivity index (χ3v) is 3.43. The Balaban J connectivity index is 1.98. The summed E-state index contributed by atoms with van der Waals surface area (Å²) >= 11 is 0. The molecule has 1 fully saturated rings. The second-order valence-corrected chi connectivity index (χ2v) is 4.77. The summed E-state index contributed by atoms with van der Waals surface area (Å²) in [6.45, 7) is 2.72. The molecule has 1 aliphatic rings. The van der Waals surface area contributed by atoms with Crippen LogP contribution in [0, 0.1) is 12.3 Å². The first-order valence-electron chi connectivity index (χ1n) is 6.22. The highest BCUT2D eigenvalue weighted by Crippen LogP contribution is 2.22. The number of nitrogens with one attached hydrogen (secondary N) is 1. The fourth-order valence-electron chi connectivity index (χ4n) is 2.29. The molecule has 2 rings (SSSR count). The number of ether oxygens (including phenoxy) is 1. The summed E-state index contributed by atoms with van der Waals surface area (Å²) in [5.74, 6) is 0.122. The fourth-order valence-corrected chi connectivity index (χ4v) is 2.29. The second kappa shape index (κ2) is 5.32. The molecule has 1 aromatic carbocycles. The quantitative estimate of drug-likeness (QED) is 0.619. The highest BCUT2D eigenvalue weighted by Gasteiger charge is 2.15. The van der Waals surface area contributed by atoms with Crippen LogP contribution in [0.4, 0.5) is 0 Å². The van der Waals surface area contributed by atoms with E-state index in [1.165, 1.54) is 31.2 Å². The molecule has 3 N–H and O–H groups in total. The van der Waals surface area contributed by atoms with E-state index in [2.05, 4.69) is 0 Å². The number of amidine groups is 1. The fraction of sp³-hybridized carbons (Fsp3) is 0.500. The summed E-state index contributed by atoms with van der Waals surface area (Å²) in [5.41, 5.74) is 8.59. The van der Waals surface area contributed by atoms with Crippen LogP contribution >= 0.6 is 0 Å². The van der Waals surface area contributed by atoms with Crippen molar-refractivity contribution in [1.82, 2.24) is 0 Å². The van der Waals surface area contributed by atoms with Crippen molar-refractivity contribution in [3.05, 3.63) is 34.9 Å². The van der Waals surface area contributed by atoms with E-state index in [1.54, 1.807) is 0 Å². The van der Waals surface area contributed by atoms with Gasteiger partial charge in [0.25, 0.3) is 0 Å². The highest BCUT2D eigenvalue weighted by molar-refractivity contribution is 5.95. The summed E-state index contributed by atoms with van der Waals surface area (Å²) in [5, 5.41) is 7.39. The predicted molar refractivity (Wildman–Crippen MR) is 69.2 cm³/mol.